The number of carbonyl (C=O) groups excluding carboxylic acids is 2. The van der Waals surface area contributed by atoms with E-state index in [4.69, 9.17) is 0 Å². The standard InChI is InChI=1S/C16H29N3O2/c1-2-17-15(20)13-18-9-7-8-14(12-18)16(21)19-10-5-3-4-6-11-19/h14H,2-13H2,1H3,(H,17,20). The van der Waals surface area contributed by atoms with Gasteiger partial charge in [0.05, 0.1) is 12.5 Å². The van der Waals surface area contributed by atoms with Crippen molar-refractivity contribution in [3.8, 4) is 0 Å². The van der Waals surface area contributed by atoms with Crippen molar-refractivity contribution >= 4 is 11.8 Å². The summed E-state index contributed by atoms with van der Waals surface area (Å²) in [5.41, 5.74) is 0. The first-order chi connectivity index (χ1) is 10.2. The number of piperidine rings is 1. The molecule has 2 heterocycles. The first-order valence-electron chi connectivity index (χ1n) is 8.48. The fourth-order valence-corrected chi connectivity index (χ4v) is 3.41. The van der Waals surface area contributed by atoms with Gasteiger partial charge in [-0.1, -0.05) is 12.8 Å². The van der Waals surface area contributed by atoms with E-state index >= 15 is 0 Å². The van der Waals surface area contributed by atoms with Gasteiger partial charge in [0.1, 0.15) is 0 Å². The Kier molecular flexibility index (Phi) is 6.49. The van der Waals surface area contributed by atoms with Crippen molar-refractivity contribution in [2.45, 2.75) is 45.4 Å². The average molecular weight is 295 g/mol. The lowest BCUT2D eigenvalue weighted by Crippen LogP contribution is -2.47. The second-order valence-electron chi connectivity index (χ2n) is 6.27. The Morgan fingerprint density at radius 3 is 2.43 bits per heavy atom. The molecule has 0 aliphatic carbocycles. The molecule has 1 unspecified atom stereocenters. The molecule has 2 amide bonds. The van der Waals surface area contributed by atoms with Crippen LogP contribution in [0.25, 0.3) is 0 Å². The van der Waals surface area contributed by atoms with Crippen LogP contribution < -0.4 is 5.32 Å². The first kappa shape index (κ1) is 16.3. The second-order valence-corrected chi connectivity index (χ2v) is 6.27. The zero-order valence-corrected chi connectivity index (χ0v) is 13.3. The summed E-state index contributed by atoms with van der Waals surface area (Å²) in [6, 6.07) is 0. The maximum absolute atomic E-state index is 12.7. The molecule has 0 aromatic heterocycles. The Labute approximate surface area is 128 Å². The van der Waals surface area contributed by atoms with E-state index in [0.29, 0.717) is 19.0 Å². The highest BCUT2D eigenvalue weighted by Gasteiger charge is 2.30. The third-order valence-corrected chi connectivity index (χ3v) is 4.51. The average Bonchev–Trinajstić information content (AvgIpc) is 2.76. The smallest absolute Gasteiger partial charge is 0.234 e. The van der Waals surface area contributed by atoms with Crippen molar-refractivity contribution in [2.75, 3.05) is 39.3 Å². The van der Waals surface area contributed by atoms with Crippen LogP contribution in [-0.2, 0) is 9.59 Å². The summed E-state index contributed by atoms with van der Waals surface area (Å²) >= 11 is 0. The Morgan fingerprint density at radius 1 is 1.05 bits per heavy atom. The summed E-state index contributed by atoms with van der Waals surface area (Å²) in [6.45, 7) is 6.55. The fraction of sp³-hybridized carbons (Fsp3) is 0.875. The van der Waals surface area contributed by atoms with Gasteiger partial charge in [0.15, 0.2) is 0 Å². The number of hydrogen-bond acceptors (Lipinski definition) is 3. The van der Waals surface area contributed by atoms with Gasteiger partial charge < -0.3 is 10.2 Å². The van der Waals surface area contributed by atoms with Gasteiger partial charge in [0, 0.05) is 26.2 Å². The minimum atomic E-state index is 0.0698. The normalized spacial score (nSPS) is 24.4. The molecule has 2 fully saturated rings. The van der Waals surface area contributed by atoms with Crippen LogP contribution in [0.15, 0.2) is 0 Å². The molecule has 5 nitrogen and oxygen atoms in total. The van der Waals surface area contributed by atoms with E-state index in [9.17, 15) is 9.59 Å². The van der Waals surface area contributed by atoms with Crippen LogP contribution in [0.3, 0.4) is 0 Å². The summed E-state index contributed by atoms with van der Waals surface area (Å²) in [7, 11) is 0. The lowest BCUT2D eigenvalue weighted by molar-refractivity contribution is -0.138. The van der Waals surface area contributed by atoms with Crippen LogP contribution in [0.5, 0.6) is 0 Å². The fourth-order valence-electron chi connectivity index (χ4n) is 3.41. The van der Waals surface area contributed by atoms with E-state index in [1.165, 1.54) is 12.8 Å². The molecule has 2 aliphatic rings. The van der Waals surface area contributed by atoms with Gasteiger partial charge in [0.2, 0.25) is 11.8 Å². The van der Waals surface area contributed by atoms with Crippen LogP contribution in [0.4, 0.5) is 0 Å². The van der Waals surface area contributed by atoms with E-state index in [1.807, 2.05) is 6.92 Å². The van der Waals surface area contributed by atoms with Gasteiger partial charge in [-0.05, 0) is 39.2 Å². The van der Waals surface area contributed by atoms with Crippen molar-refractivity contribution in [1.82, 2.24) is 15.1 Å². The van der Waals surface area contributed by atoms with Gasteiger partial charge in [-0.2, -0.15) is 0 Å². The van der Waals surface area contributed by atoms with Crippen LogP contribution in [0.2, 0.25) is 0 Å². The van der Waals surface area contributed by atoms with Gasteiger partial charge >= 0.3 is 0 Å². The molecule has 1 N–H and O–H groups in total. The van der Waals surface area contributed by atoms with E-state index < -0.39 is 0 Å². The van der Waals surface area contributed by atoms with Gasteiger partial charge in [0.25, 0.3) is 0 Å². The number of nitrogens with zero attached hydrogens (tertiary/aromatic N) is 2. The van der Waals surface area contributed by atoms with E-state index in [1.54, 1.807) is 0 Å². The number of carbonyl (C=O) groups is 2. The van der Waals surface area contributed by atoms with Crippen molar-refractivity contribution in [3.05, 3.63) is 0 Å². The zero-order valence-electron chi connectivity index (χ0n) is 13.3. The molecular weight excluding hydrogens is 266 g/mol. The molecule has 0 aromatic carbocycles. The molecule has 2 aliphatic heterocycles. The maximum atomic E-state index is 12.7. The highest BCUT2D eigenvalue weighted by molar-refractivity contribution is 5.80. The monoisotopic (exact) mass is 295 g/mol. The van der Waals surface area contributed by atoms with Crippen molar-refractivity contribution in [3.63, 3.8) is 0 Å². The van der Waals surface area contributed by atoms with Gasteiger partial charge in [-0.3, -0.25) is 14.5 Å². The highest BCUT2D eigenvalue weighted by Crippen LogP contribution is 2.20. The van der Waals surface area contributed by atoms with Gasteiger partial charge in [-0.15, -0.1) is 0 Å². The number of nitrogens with one attached hydrogen (secondary N) is 1. The van der Waals surface area contributed by atoms with Crippen molar-refractivity contribution < 1.29 is 9.59 Å². The Bertz CT molecular complexity index is 351. The van der Waals surface area contributed by atoms with E-state index in [-0.39, 0.29) is 11.8 Å². The lowest BCUT2D eigenvalue weighted by Gasteiger charge is -2.34. The molecule has 5 heteroatoms. The molecule has 0 aromatic rings. The van der Waals surface area contributed by atoms with E-state index in [0.717, 1.165) is 51.9 Å². The molecule has 0 spiro atoms. The number of rotatable bonds is 4. The summed E-state index contributed by atoms with van der Waals surface area (Å²) in [5, 5.41) is 2.83. The molecular formula is C16H29N3O2. The molecule has 0 radical (unpaired) electrons. The second kappa shape index (κ2) is 8.37. The van der Waals surface area contributed by atoms with Crippen molar-refractivity contribution in [2.24, 2.45) is 5.92 Å². The summed E-state index contributed by atoms with van der Waals surface area (Å²) in [4.78, 5) is 28.5. The highest BCUT2D eigenvalue weighted by atomic mass is 16.2. The Morgan fingerprint density at radius 2 is 1.76 bits per heavy atom. The summed E-state index contributed by atoms with van der Waals surface area (Å²) in [6.07, 6.45) is 6.77. The zero-order chi connectivity index (χ0) is 15.1. The minimum Gasteiger partial charge on any atom is -0.355 e. The Balaban J connectivity index is 1.84. The number of amides is 2. The molecule has 2 rings (SSSR count). The topological polar surface area (TPSA) is 52.7 Å². The third kappa shape index (κ3) is 4.99. The minimum absolute atomic E-state index is 0.0698. The predicted octanol–water partition coefficient (Wildman–Crippen LogP) is 1.24. The van der Waals surface area contributed by atoms with Gasteiger partial charge in [-0.25, -0.2) is 0 Å². The summed E-state index contributed by atoms with van der Waals surface area (Å²) < 4.78 is 0. The number of likely N-dealkylation sites (tertiary alicyclic amines) is 2. The van der Waals surface area contributed by atoms with Crippen LogP contribution in [-0.4, -0.2) is 60.9 Å². The number of likely N-dealkylation sites (N-methyl/N-ethyl adjacent to an activating group) is 1. The van der Waals surface area contributed by atoms with Crippen LogP contribution in [0, 0.1) is 5.92 Å². The van der Waals surface area contributed by atoms with Crippen molar-refractivity contribution in [1.29, 1.82) is 0 Å². The molecule has 120 valence electrons. The first-order valence-corrected chi connectivity index (χ1v) is 8.48. The summed E-state index contributed by atoms with van der Waals surface area (Å²) in [5.74, 6) is 0.476. The lowest BCUT2D eigenvalue weighted by atomic mass is 9.96. The predicted molar refractivity (Wildman–Crippen MR) is 82.9 cm³/mol. The largest absolute Gasteiger partial charge is 0.355 e. The quantitative estimate of drug-likeness (QED) is 0.849. The molecule has 0 saturated carbocycles. The van der Waals surface area contributed by atoms with Crippen LogP contribution in [0.1, 0.15) is 45.4 Å². The number of hydrogen-bond donors (Lipinski definition) is 1. The molecule has 2 saturated heterocycles. The van der Waals surface area contributed by atoms with E-state index in [2.05, 4.69) is 15.1 Å². The SMILES string of the molecule is CCNC(=O)CN1CCCC(C(=O)N2CCCCCC2)C1. The maximum Gasteiger partial charge on any atom is 0.234 e. The molecule has 21 heavy (non-hydrogen) atoms. The Hall–Kier alpha value is -1.10. The molecule has 1 atom stereocenters. The third-order valence-electron chi connectivity index (χ3n) is 4.51. The molecule has 0 bridgehead atoms. The van der Waals surface area contributed by atoms with Crippen LogP contribution >= 0.6 is 0 Å².